The Labute approximate surface area is 112 Å². The maximum absolute atomic E-state index is 13.0. The summed E-state index contributed by atoms with van der Waals surface area (Å²) < 4.78 is 38.9. The summed E-state index contributed by atoms with van der Waals surface area (Å²) in [6, 6.07) is 1.82. The highest BCUT2D eigenvalue weighted by atomic mass is 32.1. The van der Waals surface area contributed by atoms with E-state index in [1.807, 2.05) is 0 Å². The normalized spacial score (nSPS) is 12.4. The van der Waals surface area contributed by atoms with Gasteiger partial charge in [-0.25, -0.2) is 0 Å². The van der Waals surface area contributed by atoms with Gasteiger partial charge in [0.15, 0.2) is 0 Å². The average molecular weight is 300 g/mol. The van der Waals surface area contributed by atoms with Crippen molar-refractivity contribution in [3.05, 3.63) is 44.0 Å². The molecule has 4 nitrogen and oxygen atoms in total. The van der Waals surface area contributed by atoms with Crippen molar-refractivity contribution in [1.82, 2.24) is 9.97 Å². The molecule has 0 amide bonds. The molecule has 0 spiro atoms. The molecule has 3 aromatic heterocycles. The Hall–Kier alpha value is -2.09. The monoisotopic (exact) mass is 300 g/mol. The summed E-state index contributed by atoms with van der Waals surface area (Å²) >= 11 is 0.807. The molecule has 0 bridgehead atoms. The molecule has 3 aromatic rings. The number of fused-ring (bicyclic) bond motifs is 3. The molecule has 3 rings (SSSR count). The summed E-state index contributed by atoms with van der Waals surface area (Å²) in [6.07, 6.45) is -4.62. The quantitative estimate of drug-likeness (QED) is 0.670. The SMILES string of the molecule is Cc1cc(=O)[nH]c2sc3c(C(F)(F)F)cc(=O)[nH]c3c12. The highest BCUT2D eigenvalue weighted by Crippen LogP contribution is 2.40. The Balaban J connectivity index is 2.61. The van der Waals surface area contributed by atoms with Gasteiger partial charge in [-0.1, -0.05) is 0 Å². The van der Waals surface area contributed by atoms with Crippen molar-refractivity contribution in [2.45, 2.75) is 13.1 Å². The first-order valence-electron chi connectivity index (χ1n) is 5.54. The molecule has 20 heavy (non-hydrogen) atoms. The third-order valence-electron chi connectivity index (χ3n) is 2.96. The molecule has 0 unspecified atom stereocenters. The summed E-state index contributed by atoms with van der Waals surface area (Å²) in [5.41, 5.74) is -1.58. The van der Waals surface area contributed by atoms with Gasteiger partial charge in [0.05, 0.1) is 15.8 Å². The number of thiophene rings is 1. The Morgan fingerprint density at radius 2 is 1.75 bits per heavy atom. The molecule has 3 heterocycles. The molecule has 0 saturated carbocycles. The van der Waals surface area contributed by atoms with Gasteiger partial charge in [0.2, 0.25) is 11.1 Å². The second-order valence-electron chi connectivity index (χ2n) is 4.37. The predicted molar refractivity (Wildman–Crippen MR) is 70.3 cm³/mol. The number of aromatic amines is 2. The highest BCUT2D eigenvalue weighted by Gasteiger charge is 2.34. The van der Waals surface area contributed by atoms with Crippen molar-refractivity contribution in [1.29, 1.82) is 0 Å². The van der Waals surface area contributed by atoms with Crippen molar-refractivity contribution in [2.75, 3.05) is 0 Å². The Morgan fingerprint density at radius 3 is 2.40 bits per heavy atom. The van der Waals surface area contributed by atoms with Crippen molar-refractivity contribution in [2.24, 2.45) is 0 Å². The lowest BCUT2D eigenvalue weighted by molar-refractivity contribution is -0.136. The minimum atomic E-state index is -4.62. The van der Waals surface area contributed by atoms with Crippen LogP contribution in [0.4, 0.5) is 13.2 Å². The van der Waals surface area contributed by atoms with E-state index in [4.69, 9.17) is 0 Å². The van der Waals surface area contributed by atoms with Crippen molar-refractivity contribution in [3.63, 3.8) is 0 Å². The maximum Gasteiger partial charge on any atom is 0.418 e. The number of halogens is 3. The van der Waals surface area contributed by atoms with Crippen LogP contribution >= 0.6 is 11.3 Å². The van der Waals surface area contributed by atoms with Crippen LogP contribution in [0.15, 0.2) is 21.7 Å². The van der Waals surface area contributed by atoms with Gasteiger partial charge in [0.25, 0.3) is 0 Å². The fourth-order valence-electron chi connectivity index (χ4n) is 2.19. The minimum absolute atomic E-state index is 0.0861. The molecule has 104 valence electrons. The van der Waals surface area contributed by atoms with E-state index in [1.54, 1.807) is 6.92 Å². The number of pyridine rings is 2. The summed E-state index contributed by atoms with van der Waals surface area (Å²) in [4.78, 5) is 28.1. The summed E-state index contributed by atoms with van der Waals surface area (Å²) in [6.45, 7) is 1.61. The van der Waals surface area contributed by atoms with Crippen LogP contribution in [-0.2, 0) is 6.18 Å². The number of rotatable bonds is 0. The number of aromatic nitrogens is 2. The van der Waals surface area contributed by atoms with Crippen LogP contribution in [-0.4, -0.2) is 9.97 Å². The van der Waals surface area contributed by atoms with Gasteiger partial charge in [-0.15, -0.1) is 11.3 Å². The largest absolute Gasteiger partial charge is 0.418 e. The van der Waals surface area contributed by atoms with Crippen LogP contribution in [0, 0.1) is 6.92 Å². The van der Waals surface area contributed by atoms with Gasteiger partial charge < -0.3 is 9.97 Å². The Bertz CT molecular complexity index is 949. The van der Waals surface area contributed by atoms with E-state index in [-0.39, 0.29) is 10.2 Å². The lowest BCUT2D eigenvalue weighted by Gasteiger charge is -2.06. The third kappa shape index (κ3) is 1.83. The molecule has 0 aliphatic carbocycles. The van der Waals surface area contributed by atoms with Gasteiger partial charge in [-0.3, -0.25) is 9.59 Å². The van der Waals surface area contributed by atoms with Crippen molar-refractivity contribution < 1.29 is 13.2 Å². The van der Waals surface area contributed by atoms with E-state index in [0.717, 1.165) is 11.3 Å². The molecule has 2 N–H and O–H groups in total. The van der Waals surface area contributed by atoms with E-state index < -0.39 is 22.9 Å². The Kier molecular flexibility index (Phi) is 2.55. The third-order valence-corrected chi connectivity index (χ3v) is 4.10. The first-order chi connectivity index (χ1) is 9.27. The highest BCUT2D eigenvalue weighted by molar-refractivity contribution is 7.25. The molecule has 0 radical (unpaired) electrons. The van der Waals surface area contributed by atoms with Crippen molar-refractivity contribution >= 4 is 31.8 Å². The zero-order valence-corrected chi connectivity index (χ0v) is 10.8. The van der Waals surface area contributed by atoms with E-state index in [9.17, 15) is 22.8 Å². The molecule has 0 aromatic carbocycles. The van der Waals surface area contributed by atoms with Crippen LogP contribution in [0.25, 0.3) is 20.4 Å². The average Bonchev–Trinajstić information content (AvgIpc) is 2.64. The molecular weight excluding hydrogens is 293 g/mol. The van der Waals surface area contributed by atoms with E-state index in [2.05, 4.69) is 9.97 Å². The second kappa shape index (κ2) is 3.95. The van der Waals surface area contributed by atoms with Crippen molar-refractivity contribution in [3.8, 4) is 0 Å². The smallest absolute Gasteiger partial charge is 0.321 e. The molecule has 0 atom stereocenters. The summed E-state index contributed by atoms with van der Waals surface area (Å²) in [5, 5.41) is 0.438. The molecule has 0 aliphatic rings. The number of hydrogen-bond donors (Lipinski definition) is 2. The van der Waals surface area contributed by atoms with Crippen LogP contribution in [0.5, 0.6) is 0 Å². The number of alkyl halides is 3. The number of hydrogen-bond acceptors (Lipinski definition) is 3. The van der Waals surface area contributed by atoms with Gasteiger partial charge in [-0.05, 0) is 12.5 Å². The minimum Gasteiger partial charge on any atom is -0.321 e. The molecule has 0 saturated heterocycles. The van der Waals surface area contributed by atoms with Crippen LogP contribution in [0.2, 0.25) is 0 Å². The predicted octanol–water partition coefficient (Wildman–Crippen LogP) is 2.76. The number of nitrogens with one attached hydrogen (secondary N) is 2. The number of aryl methyl sites for hydroxylation is 1. The van der Waals surface area contributed by atoms with Gasteiger partial charge in [-0.2, -0.15) is 13.2 Å². The zero-order chi connectivity index (χ0) is 14.7. The summed E-state index contributed by atoms with van der Waals surface area (Å²) in [5.74, 6) is 0. The first kappa shape index (κ1) is 12.9. The first-order valence-corrected chi connectivity index (χ1v) is 6.35. The van der Waals surface area contributed by atoms with Crippen LogP contribution in [0.1, 0.15) is 11.1 Å². The zero-order valence-electron chi connectivity index (χ0n) is 10.0. The second-order valence-corrected chi connectivity index (χ2v) is 5.39. The Morgan fingerprint density at radius 1 is 1.10 bits per heavy atom. The maximum atomic E-state index is 13.0. The fourth-order valence-corrected chi connectivity index (χ4v) is 3.45. The van der Waals surface area contributed by atoms with Crippen LogP contribution < -0.4 is 11.1 Å². The molecule has 8 heteroatoms. The van der Waals surface area contributed by atoms with E-state index >= 15 is 0 Å². The fraction of sp³-hybridized carbons (Fsp3) is 0.167. The van der Waals surface area contributed by atoms with Crippen LogP contribution in [0.3, 0.4) is 0 Å². The van der Waals surface area contributed by atoms with E-state index in [0.29, 0.717) is 21.8 Å². The number of H-pyrrole nitrogens is 2. The van der Waals surface area contributed by atoms with Gasteiger partial charge in [0, 0.05) is 17.5 Å². The topological polar surface area (TPSA) is 65.7 Å². The van der Waals surface area contributed by atoms with E-state index in [1.165, 1.54) is 6.07 Å². The van der Waals surface area contributed by atoms with Gasteiger partial charge in [0.1, 0.15) is 4.83 Å². The van der Waals surface area contributed by atoms with Gasteiger partial charge >= 0.3 is 6.18 Å². The summed E-state index contributed by atoms with van der Waals surface area (Å²) in [7, 11) is 0. The lowest BCUT2D eigenvalue weighted by atomic mass is 10.1. The standard InChI is InChI=1S/C12H7F3N2O2S/c1-4-2-6(18)17-11-8(4)9-10(20-11)5(12(13,14)15)3-7(19)16-9/h2-3H,1H3,(H,16,19)(H,17,18). The lowest BCUT2D eigenvalue weighted by Crippen LogP contribution is -2.13. The molecular formula is C12H7F3N2O2S. The molecule has 0 aliphatic heterocycles. The molecule has 0 fully saturated rings.